The number of hydrogen-bond acceptors (Lipinski definition) is 5. The maximum Gasteiger partial charge on any atom is 0.229 e. The lowest BCUT2D eigenvalue weighted by molar-refractivity contribution is -0.134. The Hall–Kier alpha value is -2.90. The van der Waals surface area contributed by atoms with Gasteiger partial charge in [-0.2, -0.15) is 0 Å². The molecular formula is C19H21FN4O3. The summed E-state index contributed by atoms with van der Waals surface area (Å²) in [5.41, 5.74) is 0.954. The third-order valence-corrected chi connectivity index (χ3v) is 5.11. The summed E-state index contributed by atoms with van der Waals surface area (Å²) in [5.74, 6) is 0.0273. The van der Waals surface area contributed by atoms with E-state index in [9.17, 15) is 14.0 Å². The minimum Gasteiger partial charge on any atom is -0.368 e. The van der Waals surface area contributed by atoms with Crippen LogP contribution in [0.2, 0.25) is 0 Å². The fraction of sp³-hybridized carbons (Fsp3) is 0.421. The van der Waals surface area contributed by atoms with Crippen LogP contribution < -0.4 is 10.2 Å². The van der Waals surface area contributed by atoms with E-state index in [1.54, 1.807) is 25.1 Å². The Morgan fingerprint density at radius 3 is 2.48 bits per heavy atom. The first-order chi connectivity index (χ1) is 13.0. The molecule has 142 valence electrons. The topological polar surface area (TPSA) is 78.7 Å². The van der Waals surface area contributed by atoms with Crippen molar-refractivity contribution in [3.63, 3.8) is 0 Å². The van der Waals surface area contributed by atoms with Gasteiger partial charge in [-0.05, 0) is 37.6 Å². The first-order valence-corrected chi connectivity index (χ1v) is 9.05. The van der Waals surface area contributed by atoms with E-state index in [0.29, 0.717) is 44.2 Å². The fourth-order valence-electron chi connectivity index (χ4n) is 3.47. The summed E-state index contributed by atoms with van der Waals surface area (Å²) >= 11 is 0. The standard InChI is InChI=1S/C19H21FN4O3/c1-12-10-17(22-27-12)21-18(25)15-11-16(15)19(26)24-8-6-23(7-9-24)14-4-2-13(20)3-5-14/h2-5,10,15-16H,6-9,11H2,1H3,(H,21,22,25). The summed E-state index contributed by atoms with van der Waals surface area (Å²) in [6.07, 6.45) is 0.569. The lowest BCUT2D eigenvalue weighted by atomic mass is 10.2. The molecule has 1 aromatic carbocycles. The molecule has 1 N–H and O–H groups in total. The van der Waals surface area contributed by atoms with Crippen molar-refractivity contribution in [2.24, 2.45) is 11.8 Å². The van der Waals surface area contributed by atoms with Crippen LogP contribution in [-0.2, 0) is 9.59 Å². The number of halogens is 1. The highest BCUT2D eigenvalue weighted by atomic mass is 19.1. The lowest BCUT2D eigenvalue weighted by Crippen LogP contribution is -2.49. The SMILES string of the molecule is Cc1cc(NC(=O)C2CC2C(=O)N2CCN(c3ccc(F)cc3)CC2)no1. The molecule has 0 spiro atoms. The summed E-state index contributed by atoms with van der Waals surface area (Å²) in [6, 6.07) is 8.03. The molecule has 0 bridgehead atoms. The molecule has 1 saturated heterocycles. The van der Waals surface area contributed by atoms with Crippen molar-refractivity contribution in [3.8, 4) is 0 Å². The fourth-order valence-corrected chi connectivity index (χ4v) is 3.47. The van der Waals surface area contributed by atoms with E-state index in [-0.39, 0.29) is 29.5 Å². The molecule has 0 radical (unpaired) electrons. The van der Waals surface area contributed by atoms with Crippen molar-refractivity contribution in [3.05, 3.63) is 41.9 Å². The third kappa shape index (κ3) is 3.79. The average Bonchev–Trinajstić information content (AvgIpc) is 3.38. The summed E-state index contributed by atoms with van der Waals surface area (Å²) < 4.78 is 18.0. The van der Waals surface area contributed by atoms with Gasteiger partial charge in [-0.15, -0.1) is 0 Å². The molecular weight excluding hydrogens is 351 g/mol. The van der Waals surface area contributed by atoms with Gasteiger partial charge in [0.15, 0.2) is 5.82 Å². The van der Waals surface area contributed by atoms with Crippen LogP contribution in [-0.4, -0.2) is 48.0 Å². The lowest BCUT2D eigenvalue weighted by Gasteiger charge is -2.36. The molecule has 2 fully saturated rings. The van der Waals surface area contributed by atoms with Crippen LogP contribution in [0.5, 0.6) is 0 Å². The maximum absolute atomic E-state index is 13.0. The van der Waals surface area contributed by atoms with Gasteiger partial charge in [0, 0.05) is 37.9 Å². The van der Waals surface area contributed by atoms with Crippen LogP contribution >= 0.6 is 0 Å². The molecule has 1 aliphatic carbocycles. The second kappa shape index (κ2) is 7.02. The Morgan fingerprint density at radius 1 is 1.15 bits per heavy atom. The van der Waals surface area contributed by atoms with Gasteiger partial charge in [0.25, 0.3) is 0 Å². The Kier molecular flexibility index (Phi) is 4.55. The second-order valence-corrected chi connectivity index (χ2v) is 7.05. The molecule has 2 unspecified atom stereocenters. The number of aryl methyl sites for hydroxylation is 1. The van der Waals surface area contributed by atoms with E-state index < -0.39 is 0 Å². The Labute approximate surface area is 156 Å². The van der Waals surface area contributed by atoms with Gasteiger partial charge < -0.3 is 19.6 Å². The smallest absolute Gasteiger partial charge is 0.229 e. The largest absolute Gasteiger partial charge is 0.368 e. The van der Waals surface area contributed by atoms with Crippen LogP contribution in [0.3, 0.4) is 0 Å². The summed E-state index contributed by atoms with van der Waals surface area (Å²) in [7, 11) is 0. The summed E-state index contributed by atoms with van der Waals surface area (Å²) in [5, 5.41) is 6.43. The molecule has 27 heavy (non-hydrogen) atoms. The number of carbonyl (C=O) groups excluding carboxylic acids is 2. The Morgan fingerprint density at radius 2 is 1.85 bits per heavy atom. The van der Waals surface area contributed by atoms with E-state index in [0.717, 1.165) is 5.69 Å². The van der Waals surface area contributed by atoms with Gasteiger partial charge in [-0.25, -0.2) is 4.39 Å². The number of benzene rings is 1. The summed E-state index contributed by atoms with van der Waals surface area (Å²) in [4.78, 5) is 28.9. The molecule has 8 heteroatoms. The number of anilines is 2. The van der Waals surface area contributed by atoms with Crippen LogP contribution in [0.1, 0.15) is 12.2 Å². The molecule has 7 nitrogen and oxygen atoms in total. The highest BCUT2D eigenvalue weighted by Crippen LogP contribution is 2.41. The van der Waals surface area contributed by atoms with E-state index in [4.69, 9.17) is 4.52 Å². The predicted octanol–water partition coefficient (Wildman–Crippen LogP) is 2.05. The number of aromatic nitrogens is 1. The van der Waals surface area contributed by atoms with Crippen molar-refractivity contribution in [2.75, 3.05) is 36.4 Å². The van der Waals surface area contributed by atoms with Gasteiger partial charge in [-0.3, -0.25) is 9.59 Å². The van der Waals surface area contributed by atoms with Crippen LogP contribution in [0.4, 0.5) is 15.9 Å². The predicted molar refractivity (Wildman–Crippen MR) is 96.7 cm³/mol. The average molecular weight is 372 g/mol. The van der Waals surface area contributed by atoms with Gasteiger partial charge >= 0.3 is 0 Å². The summed E-state index contributed by atoms with van der Waals surface area (Å²) in [6.45, 7) is 4.34. The van der Waals surface area contributed by atoms with E-state index >= 15 is 0 Å². The molecule has 1 saturated carbocycles. The maximum atomic E-state index is 13.0. The van der Waals surface area contributed by atoms with Gasteiger partial charge in [0.1, 0.15) is 11.6 Å². The highest BCUT2D eigenvalue weighted by Gasteiger charge is 2.49. The first-order valence-electron chi connectivity index (χ1n) is 9.05. The molecule has 1 aromatic heterocycles. The zero-order valence-electron chi connectivity index (χ0n) is 15.0. The van der Waals surface area contributed by atoms with Gasteiger partial charge in [0.2, 0.25) is 11.8 Å². The van der Waals surface area contributed by atoms with Crippen molar-refractivity contribution in [2.45, 2.75) is 13.3 Å². The van der Waals surface area contributed by atoms with Crippen molar-refractivity contribution in [1.82, 2.24) is 10.1 Å². The number of nitrogens with zero attached hydrogens (tertiary/aromatic N) is 3. The monoisotopic (exact) mass is 372 g/mol. The normalized spacial score (nSPS) is 21.9. The van der Waals surface area contributed by atoms with Crippen LogP contribution in [0, 0.1) is 24.6 Å². The van der Waals surface area contributed by atoms with E-state index in [1.807, 2.05) is 4.90 Å². The minimum absolute atomic E-state index is 0.0326. The number of piperazine rings is 1. The van der Waals surface area contributed by atoms with Gasteiger partial charge in [0.05, 0.1) is 11.8 Å². The van der Waals surface area contributed by atoms with Crippen molar-refractivity contribution in [1.29, 1.82) is 0 Å². The molecule has 2 aliphatic rings. The number of rotatable bonds is 4. The minimum atomic E-state index is -0.301. The molecule has 2 heterocycles. The van der Waals surface area contributed by atoms with Gasteiger partial charge in [-0.1, -0.05) is 5.16 Å². The molecule has 4 rings (SSSR count). The molecule has 1 aliphatic heterocycles. The number of carbonyl (C=O) groups is 2. The zero-order valence-corrected chi connectivity index (χ0v) is 15.0. The zero-order chi connectivity index (χ0) is 19.0. The highest BCUT2D eigenvalue weighted by molar-refractivity contribution is 5.99. The van der Waals surface area contributed by atoms with Crippen molar-refractivity contribution >= 4 is 23.3 Å². The van der Waals surface area contributed by atoms with Crippen molar-refractivity contribution < 1.29 is 18.5 Å². The van der Waals surface area contributed by atoms with Crippen LogP contribution in [0.25, 0.3) is 0 Å². The Bertz CT molecular complexity index is 843. The molecule has 2 amide bonds. The van der Waals surface area contributed by atoms with E-state index in [1.165, 1.54) is 12.1 Å². The third-order valence-electron chi connectivity index (χ3n) is 5.11. The first kappa shape index (κ1) is 17.5. The molecule has 2 aromatic rings. The second-order valence-electron chi connectivity index (χ2n) is 7.05. The number of nitrogens with one attached hydrogen (secondary N) is 1. The van der Waals surface area contributed by atoms with E-state index in [2.05, 4.69) is 15.4 Å². The Balaban J connectivity index is 1.27. The molecule has 2 atom stereocenters. The van der Waals surface area contributed by atoms with Crippen LogP contribution in [0.15, 0.2) is 34.9 Å². The number of amides is 2. The number of hydrogen-bond donors (Lipinski definition) is 1. The quantitative estimate of drug-likeness (QED) is 0.889.